The molecule has 0 aliphatic heterocycles. The number of esters is 1. The predicted molar refractivity (Wildman–Crippen MR) is 122 cm³/mol. The Balaban J connectivity index is 1.40. The standard InChI is InChI=1S/C26H32O6/c1-18-24(14-13-22(25(18)28)23(27)17-19-7-3-4-8-19)32-16-6-5-15-31-21-11-9-20(10-12-21)26(29)30-2/h9-14,19,28H,3-8,15-17H2,1-2H3. The first-order chi connectivity index (χ1) is 15.5. The van der Waals surface area contributed by atoms with Gasteiger partial charge in [0.15, 0.2) is 5.78 Å². The Labute approximate surface area is 189 Å². The molecule has 6 heteroatoms. The first-order valence-corrected chi connectivity index (χ1v) is 11.3. The van der Waals surface area contributed by atoms with Crippen molar-refractivity contribution >= 4 is 11.8 Å². The fourth-order valence-corrected chi connectivity index (χ4v) is 4.03. The normalized spacial score (nSPS) is 13.7. The molecule has 3 rings (SSSR count). The number of carbonyl (C=O) groups is 2. The summed E-state index contributed by atoms with van der Waals surface area (Å²) in [6.07, 6.45) is 6.69. The van der Waals surface area contributed by atoms with E-state index in [4.69, 9.17) is 9.47 Å². The molecule has 2 aromatic rings. The number of benzene rings is 2. The third kappa shape index (κ3) is 6.25. The molecule has 32 heavy (non-hydrogen) atoms. The molecule has 0 spiro atoms. The molecular formula is C26H32O6. The second kappa shape index (κ2) is 11.6. The quantitative estimate of drug-likeness (QED) is 0.283. The average molecular weight is 441 g/mol. The van der Waals surface area contributed by atoms with E-state index in [0.29, 0.717) is 53.7 Å². The van der Waals surface area contributed by atoms with E-state index in [1.807, 2.05) is 0 Å². The summed E-state index contributed by atoms with van der Waals surface area (Å²) in [5, 5.41) is 10.5. The van der Waals surface area contributed by atoms with E-state index in [2.05, 4.69) is 4.74 Å². The topological polar surface area (TPSA) is 82.1 Å². The summed E-state index contributed by atoms with van der Waals surface area (Å²) in [4.78, 5) is 24.0. The van der Waals surface area contributed by atoms with Gasteiger partial charge in [-0.2, -0.15) is 0 Å². The molecule has 1 fully saturated rings. The molecule has 1 saturated carbocycles. The van der Waals surface area contributed by atoms with Gasteiger partial charge in [-0.15, -0.1) is 0 Å². The van der Waals surface area contributed by atoms with Gasteiger partial charge in [-0.25, -0.2) is 4.79 Å². The van der Waals surface area contributed by atoms with Gasteiger partial charge in [0.05, 0.1) is 31.5 Å². The summed E-state index contributed by atoms with van der Waals surface area (Å²) < 4.78 is 16.2. The van der Waals surface area contributed by atoms with Crippen LogP contribution < -0.4 is 9.47 Å². The number of phenolic OH excluding ortho intramolecular Hbond substituents is 1. The Bertz CT molecular complexity index is 913. The second-order valence-electron chi connectivity index (χ2n) is 8.28. The van der Waals surface area contributed by atoms with Crippen LogP contribution in [0.15, 0.2) is 36.4 Å². The summed E-state index contributed by atoms with van der Waals surface area (Å²) in [7, 11) is 1.35. The number of hydrogen-bond acceptors (Lipinski definition) is 6. The van der Waals surface area contributed by atoms with Crippen molar-refractivity contribution in [3.63, 3.8) is 0 Å². The first kappa shape index (κ1) is 23.6. The van der Waals surface area contributed by atoms with E-state index in [1.165, 1.54) is 20.0 Å². The largest absolute Gasteiger partial charge is 0.507 e. The van der Waals surface area contributed by atoms with Crippen LogP contribution in [0.2, 0.25) is 0 Å². The van der Waals surface area contributed by atoms with Crippen molar-refractivity contribution in [2.45, 2.75) is 51.9 Å². The van der Waals surface area contributed by atoms with Crippen LogP contribution in [0.3, 0.4) is 0 Å². The fourth-order valence-electron chi connectivity index (χ4n) is 4.03. The predicted octanol–water partition coefficient (Wildman–Crippen LogP) is 5.49. The lowest BCUT2D eigenvalue weighted by molar-refractivity contribution is 0.0600. The van der Waals surface area contributed by atoms with Gasteiger partial charge >= 0.3 is 5.97 Å². The first-order valence-electron chi connectivity index (χ1n) is 11.3. The number of ketones is 1. The second-order valence-corrected chi connectivity index (χ2v) is 8.28. The molecule has 0 bridgehead atoms. The summed E-state index contributed by atoms with van der Waals surface area (Å²) in [5.74, 6) is 1.41. The van der Waals surface area contributed by atoms with Crippen LogP contribution in [0.1, 0.15) is 71.2 Å². The number of Topliss-reactive ketones (excluding diaryl/α,β-unsaturated/α-hetero) is 1. The van der Waals surface area contributed by atoms with Crippen LogP contribution in [-0.4, -0.2) is 37.2 Å². The number of carbonyl (C=O) groups excluding carboxylic acids is 2. The number of rotatable bonds is 11. The number of aromatic hydroxyl groups is 1. The molecule has 0 amide bonds. The number of methoxy groups -OCH3 is 1. The fraction of sp³-hybridized carbons (Fsp3) is 0.462. The molecule has 0 unspecified atom stereocenters. The maximum Gasteiger partial charge on any atom is 0.337 e. The minimum Gasteiger partial charge on any atom is -0.507 e. The Morgan fingerprint density at radius 1 is 0.969 bits per heavy atom. The zero-order valence-corrected chi connectivity index (χ0v) is 18.9. The van der Waals surface area contributed by atoms with E-state index < -0.39 is 0 Å². The maximum atomic E-state index is 12.6. The molecule has 1 aliphatic carbocycles. The lowest BCUT2D eigenvalue weighted by Gasteiger charge is -2.14. The summed E-state index contributed by atoms with van der Waals surface area (Å²) in [6.45, 7) is 2.79. The van der Waals surface area contributed by atoms with E-state index in [1.54, 1.807) is 43.3 Å². The third-order valence-corrected chi connectivity index (χ3v) is 5.97. The molecule has 0 heterocycles. The Hall–Kier alpha value is -3.02. The maximum absolute atomic E-state index is 12.6. The molecule has 2 aromatic carbocycles. The van der Waals surface area contributed by atoms with Gasteiger partial charge in [0.25, 0.3) is 0 Å². The average Bonchev–Trinajstić information content (AvgIpc) is 3.31. The number of ether oxygens (including phenoxy) is 3. The minimum atomic E-state index is -0.374. The minimum absolute atomic E-state index is 0.0146. The van der Waals surface area contributed by atoms with Gasteiger partial charge < -0.3 is 19.3 Å². The van der Waals surface area contributed by atoms with E-state index >= 15 is 0 Å². The lowest BCUT2D eigenvalue weighted by Crippen LogP contribution is -2.08. The molecule has 6 nitrogen and oxygen atoms in total. The monoisotopic (exact) mass is 440 g/mol. The summed E-state index contributed by atoms with van der Waals surface area (Å²) in [6, 6.07) is 10.3. The number of phenols is 1. The molecule has 0 radical (unpaired) electrons. The molecule has 0 atom stereocenters. The van der Waals surface area contributed by atoms with Crippen molar-refractivity contribution in [2.24, 2.45) is 5.92 Å². The van der Waals surface area contributed by atoms with Crippen molar-refractivity contribution in [2.75, 3.05) is 20.3 Å². The van der Waals surface area contributed by atoms with Gasteiger partial charge in [0, 0.05) is 12.0 Å². The highest BCUT2D eigenvalue weighted by atomic mass is 16.5. The third-order valence-electron chi connectivity index (χ3n) is 5.97. The van der Waals surface area contributed by atoms with Crippen LogP contribution in [0.5, 0.6) is 17.2 Å². The van der Waals surface area contributed by atoms with Crippen LogP contribution in [-0.2, 0) is 4.74 Å². The van der Waals surface area contributed by atoms with Crippen LogP contribution in [0, 0.1) is 12.8 Å². The lowest BCUT2D eigenvalue weighted by atomic mass is 9.95. The highest BCUT2D eigenvalue weighted by molar-refractivity contribution is 5.99. The van der Waals surface area contributed by atoms with Crippen molar-refractivity contribution in [1.82, 2.24) is 0 Å². The molecule has 1 N–H and O–H groups in total. The van der Waals surface area contributed by atoms with E-state index in [-0.39, 0.29) is 17.5 Å². The summed E-state index contributed by atoms with van der Waals surface area (Å²) >= 11 is 0. The number of unbranched alkanes of at least 4 members (excludes halogenated alkanes) is 1. The van der Waals surface area contributed by atoms with E-state index in [0.717, 1.165) is 25.7 Å². The Morgan fingerprint density at radius 3 is 2.28 bits per heavy atom. The molecule has 0 saturated heterocycles. The Morgan fingerprint density at radius 2 is 1.62 bits per heavy atom. The highest BCUT2D eigenvalue weighted by Crippen LogP contribution is 2.34. The smallest absolute Gasteiger partial charge is 0.337 e. The van der Waals surface area contributed by atoms with Crippen molar-refractivity contribution in [3.05, 3.63) is 53.1 Å². The Kier molecular flexibility index (Phi) is 8.54. The van der Waals surface area contributed by atoms with Gasteiger partial charge in [-0.3, -0.25) is 4.79 Å². The molecular weight excluding hydrogens is 408 g/mol. The van der Waals surface area contributed by atoms with Gasteiger partial charge in [-0.05, 0) is 62.1 Å². The van der Waals surface area contributed by atoms with Crippen LogP contribution in [0.25, 0.3) is 0 Å². The molecule has 0 aromatic heterocycles. The SMILES string of the molecule is COC(=O)c1ccc(OCCCCOc2ccc(C(=O)CC3CCCC3)c(O)c2C)cc1. The molecule has 1 aliphatic rings. The van der Waals surface area contributed by atoms with Gasteiger partial charge in [-0.1, -0.05) is 25.7 Å². The van der Waals surface area contributed by atoms with Crippen LogP contribution in [0.4, 0.5) is 0 Å². The van der Waals surface area contributed by atoms with Crippen LogP contribution >= 0.6 is 0 Å². The summed E-state index contributed by atoms with van der Waals surface area (Å²) in [5.41, 5.74) is 1.48. The van der Waals surface area contributed by atoms with Crippen molar-refractivity contribution in [3.8, 4) is 17.2 Å². The molecule has 172 valence electrons. The zero-order valence-electron chi connectivity index (χ0n) is 18.9. The van der Waals surface area contributed by atoms with Crippen molar-refractivity contribution < 1.29 is 28.9 Å². The van der Waals surface area contributed by atoms with Gasteiger partial charge in [0.1, 0.15) is 17.2 Å². The number of hydrogen-bond donors (Lipinski definition) is 1. The van der Waals surface area contributed by atoms with Crippen molar-refractivity contribution in [1.29, 1.82) is 0 Å². The van der Waals surface area contributed by atoms with E-state index in [9.17, 15) is 14.7 Å². The van der Waals surface area contributed by atoms with Gasteiger partial charge in [0.2, 0.25) is 0 Å². The highest BCUT2D eigenvalue weighted by Gasteiger charge is 2.22. The zero-order chi connectivity index (χ0) is 22.9.